The summed E-state index contributed by atoms with van der Waals surface area (Å²) < 4.78 is 84.8. The molecule has 27 heavy (non-hydrogen) atoms. The molecule has 0 aliphatic heterocycles. The largest absolute Gasteiger partial charge is 0.494 e. The quantitative estimate of drug-likeness (QED) is 0.476. The summed E-state index contributed by atoms with van der Waals surface area (Å²) in [6, 6.07) is 4.00. The van der Waals surface area contributed by atoms with Gasteiger partial charge in [0.05, 0.1) is 12.0 Å². The van der Waals surface area contributed by atoms with Crippen molar-refractivity contribution in [2.24, 2.45) is 5.92 Å². The molecule has 0 radical (unpaired) electrons. The van der Waals surface area contributed by atoms with Crippen molar-refractivity contribution in [3.05, 3.63) is 40.6 Å². The number of benzene rings is 1. The van der Waals surface area contributed by atoms with Crippen LogP contribution in [0.5, 0.6) is 0 Å². The molecule has 148 valence electrons. The number of aryl methyl sites for hydroxylation is 1. The summed E-state index contributed by atoms with van der Waals surface area (Å²) in [7, 11) is 0. The molecule has 1 aromatic carbocycles. The normalized spacial score (nSPS) is 23.8. The van der Waals surface area contributed by atoms with E-state index in [0.29, 0.717) is 17.4 Å². The van der Waals surface area contributed by atoms with E-state index in [9.17, 15) is 31.1 Å². The highest BCUT2D eigenvalue weighted by molar-refractivity contribution is 5.80. The Morgan fingerprint density at radius 2 is 1.63 bits per heavy atom. The molecule has 0 N–H and O–H groups in total. The van der Waals surface area contributed by atoms with Crippen LogP contribution in [0.25, 0.3) is 5.57 Å². The van der Waals surface area contributed by atoms with E-state index >= 15 is 0 Å². The van der Waals surface area contributed by atoms with Gasteiger partial charge in [0.25, 0.3) is 0 Å². The summed E-state index contributed by atoms with van der Waals surface area (Å²) in [4.78, 5) is 10.9. The van der Waals surface area contributed by atoms with E-state index in [0.717, 1.165) is 0 Å². The summed E-state index contributed by atoms with van der Waals surface area (Å²) in [5.74, 6) is -1.63. The Bertz CT molecular complexity index is 740. The Kier molecular flexibility index (Phi) is 5.27. The molecule has 0 saturated heterocycles. The van der Waals surface area contributed by atoms with Crippen LogP contribution < -0.4 is 0 Å². The van der Waals surface area contributed by atoms with Gasteiger partial charge in [-0.1, -0.05) is 12.1 Å². The van der Waals surface area contributed by atoms with Crippen LogP contribution in [0.15, 0.2) is 24.0 Å². The van der Waals surface area contributed by atoms with Gasteiger partial charge >= 0.3 is 12.4 Å². The Morgan fingerprint density at radius 1 is 0.963 bits per heavy atom. The minimum atomic E-state index is -4.66. The lowest BCUT2D eigenvalue weighted by atomic mass is 9.86. The summed E-state index contributed by atoms with van der Waals surface area (Å²) >= 11 is 0. The molecular weight excluding hydrogens is 374 g/mol. The molecule has 0 aromatic heterocycles. The van der Waals surface area contributed by atoms with Crippen LogP contribution >= 0.6 is 0 Å². The van der Waals surface area contributed by atoms with Gasteiger partial charge in [-0.2, -0.15) is 26.3 Å². The van der Waals surface area contributed by atoms with E-state index in [2.05, 4.69) is 0 Å². The lowest BCUT2D eigenvalue weighted by Gasteiger charge is -2.33. The van der Waals surface area contributed by atoms with Crippen LogP contribution in [0, 0.1) is 5.92 Å². The highest BCUT2D eigenvalue weighted by atomic mass is 19.4. The number of carbonyl (C=O) groups excluding carboxylic acids is 1. The fourth-order valence-corrected chi connectivity index (χ4v) is 3.80. The van der Waals surface area contributed by atoms with E-state index in [1.807, 2.05) is 0 Å². The molecule has 0 heterocycles. The average molecular weight is 392 g/mol. The van der Waals surface area contributed by atoms with E-state index in [4.69, 9.17) is 4.74 Å². The number of rotatable bonds is 3. The van der Waals surface area contributed by atoms with Gasteiger partial charge < -0.3 is 4.74 Å². The van der Waals surface area contributed by atoms with Crippen LogP contribution in [0.1, 0.15) is 53.6 Å². The van der Waals surface area contributed by atoms with Crippen LogP contribution in [0.3, 0.4) is 0 Å². The molecule has 1 fully saturated rings. The molecule has 0 spiro atoms. The van der Waals surface area contributed by atoms with Crippen molar-refractivity contribution in [3.8, 4) is 0 Å². The number of allylic oxidation sites excluding steroid dienone is 2. The van der Waals surface area contributed by atoms with Crippen molar-refractivity contribution in [1.82, 2.24) is 0 Å². The third kappa shape index (κ3) is 4.30. The van der Waals surface area contributed by atoms with E-state index < -0.39 is 29.9 Å². The van der Waals surface area contributed by atoms with Crippen LogP contribution in [-0.2, 0) is 11.2 Å². The second-order valence-electron chi connectivity index (χ2n) is 6.96. The summed E-state index contributed by atoms with van der Waals surface area (Å²) in [6.45, 7) is 0. The fraction of sp³-hybridized carbons (Fsp3) is 0.526. The minimum absolute atomic E-state index is 0.00333. The molecule has 0 atom stereocenters. The molecule has 2 nitrogen and oxygen atoms in total. The van der Waals surface area contributed by atoms with Gasteiger partial charge in [-0.15, -0.1) is 0 Å². The minimum Gasteiger partial charge on any atom is -0.494 e. The van der Waals surface area contributed by atoms with Gasteiger partial charge in [-0.3, -0.25) is 4.79 Å². The molecule has 1 aromatic rings. The van der Waals surface area contributed by atoms with E-state index in [-0.39, 0.29) is 49.8 Å². The van der Waals surface area contributed by atoms with Gasteiger partial charge in [-0.05, 0) is 49.3 Å². The number of ether oxygens (including phenoxy) is 1. The zero-order valence-corrected chi connectivity index (χ0v) is 14.3. The number of hydrogen-bond donors (Lipinski definition) is 0. The van der Waals surface area contributed by atoms with Crippen molar-refractivity contribution >= 4 is 11.9 Å². The smallest absolute Gasteiger partial charge is 0.420 e. The monoisotopic (exact) mass is 392 g/mol. The Hall–Kier alpha value is -1.99. The first-order valence-corrected chi connectivity index (χ1v) is 8.71. The van der Waals surface area contributed by atoms with E-state index in [1.54, 1.807) is 0 Å². The molecule has 8 heteroatoms. The topological polar surface area (TPSA) is 26.3 Å². The highest BCUT2D eigenvalue weighted by Gasteiger charge is 2.44. The third-order valence-electron chi connectivity index (χ3n) is 5.16. The van der Waals surface area contributed by atoms with Gasteiger partial charge in [0, 0.05) is 12.0 Å². The van der Waals surface area contributed by atoms with Crippen LogP contribution in [-0.4, -0.2) is 24.7 Å². The number of aldehydes is 1. The molecule has 0 unspecified atom stereocenters. The molecule has 3 rings (SSSR count). The van der Waals surface area contributed by atoms with Gasteiger partial charge in [0.1, 0.15) is 17.6 Å². The average Bonchev–Trinajstić information content (AvgIpc) is 2.59. The van der Waals surface area contributed by atoms with Crippen molar-refractivity contribution in [3.63, 3.8) is 0 Å². The molecular formula is C19H18F6O2. The zero-order chi connectivity index (χ0) is 19.8. The highest BCUT2D eigenvalue weighted by Crippen LogP contribution is 2.45. The standard InChI is InChI=1S/C19H18F6O2/c20-18(21,22)13-3-5-14(6-4-13)27-16-8-2-12-9-11(10-26)1-7-15(12)17(16)19(23,24)25/h1,7,9-10,13-14H,2-6,8H2. The lowest BCUT2D eigenvalue weighted by Crippen LogP contribution is -2.31. The summed E-state index contributed by atoms with van der Waals surface area (Å²) in [5, 5.41) is 0. The molecule has 0 bridgehead atoms. The first kappa shape index (κ1) is 19.8. The molecule has 2 aliphatic carbocycles. The number of alkyl halides is 6. The number of halogens is 6. The van der Waals surface area contributed by atoms with Crippen LogP contribution in [0.4, 0.5) is 26.3 Å². The van der Waals surface area contributed by atoms with Gasteiger partial charge in [0.2, 0.25) is 0 Å². The lowest BCUT2D eigenvalue weighted by molar-refractivity contribution is -0.186. The predicted molar refractivity (Wildman–Crippen MR) is 86.0 cm³/mol. The maximum absolute atomic E-state index is 13.7. The number of carbonyl (C=O) groups is 1. The molecule has 0 amide bonds. The van der Waals surface area contributed by atoms with Crippen LogP contribution in [0.2, 0.25) is 0 Å². The fourth-order valence-electron chi connectivity index (χ4n) is 3.80. The van der Waals surface area contributed by atoms with Gasteiger partial charge in [0.15, 0.2) is 0 Å². The first-order chi connectivity index (χ1) is 12.6. The predicted octanol–water partition coefficient (Wildman–Crippen LogP) is 5.86. The Balaban J connectivity index is 1.84. The zero-order valence-electron chi connectivity index (χ0n) is 14.3. The maximum atomic E-state index is 13.7. The van der Waals surface area contributed by atoms with Crippen molar-refractivity contribution in [1.29, 1.82) is 0 Å². The summed E-state index contributed by atoms with van der Waals surface area (Å²) in [5.41, 5.74) is -0.206. The van der Waals surface area contributed by atoms with Crippen molar-refractivity contribution in [2.75, 3.05) is 0 Å². The number of hydrogen-bond acceptors (Lipinski definition) is 2. The Labute approximate surface area is 152 Å². The van der Waals surface area contributed by atoms with Crippen molar-refractivity contribution in [2.45, 2.75) is 57.0 Å². The second-order valence-corrected chi connectivity index (χ2v) is 6.96. The van der Waals surface area contributed by atoms with Gasteiger partial charge in [-0.25, -0.2) is 0 Å². The Morgan fingerprint density at radius 3 is 2.19 bits per heavy atom. The first-order valence-electron chi connectivity index (χ1n) is 8.71. The second kappa shape index (κ2) is 7.20. The summed E-state index contributed by atoms with van der Waals surface area (Å²) in [6.07, 6.45) is -8.84. The number of fused-ring (bicyclic) bond motifs is 1. The van der Waals surface area contributed by atoms with E-state index in [1.165, 1.54) is 18.2 Å². The third-order valence-corrected chi connectivity index (χ3v) is 5.16. The maximum Gasteiger partial charge on any atom is 0.420 e. The molecule has 2 aliphatic rings. The van der Waals surface area contributed by atoms with Crippen molar-refractivity contribution < 1.29 is 35.9 Å². The SMILES string of the molecule is O=Cc1ccc2c(c1)CCC(OC1CCC(C(F)(F)F)CC1)=C2C(F)(F)F. The molecule has 1 saturated carbocycles.